The molecule has 0 aliphatic heterocycles. The second kappa shape index (κ2) is 9.18. The molecule has 2 amide bonds. The highest BCUT2D eigenvalue weighted by molar-refractivity contribution is 9.10. The summed E-state index contributed by atoms with van der Waals surface area (Å²) in [6, 6.07) is 10.8. The number of halogens is 1. The molecule has 1 heterocycles. The van der Waals surface area contributed by atoms with E-state index in [1.807, 2.05) is 6.07 Å². The first-order chi connectivity index (χ1) is 12.8. The van der Waals surface area contributed by atoms with Crippen LogP contribution in [0.25, 0.3) is 6.08 Å². The number of furan rings is 1. The quantitative estimate of drug-likeness (QED) is 0.580. The number of carboxylic acid groups (broad SMARTS) is 1. The largest absolute Gasteiger partial charge is 0.480 e. The van der Waals surface area contributed by atoms with Crippen molar-refractivity contribution in [1.29, 1.82) is 0 Å². The van der Waals surface area contributed by atoms with Crippen LogP contribution < -0.4 is 10.6 Å². The number of benzene rings is 1. The highest BCUT2D eigenvalue weighted by atomic mass is 79.9. The van der Waals surface area contributed by atoms with Crippen molar-refractivity contribution in [2.45, 2.75) is 19.9 Å². The van der Waals surface area contributed by atoms with Crippen molar-refractivity contribution in [3.8, 4) is 0 Å². The Balaban J connectivity index is 2.29. The zero-order valence-corrected chi connectivity index (χ0v) is 16.3. The maximum atomic E-state index is 12.6. The number of carboxylic acids is 1. The van der Waals surface area contributed by atoms with Crippen molar-refractivity contribution in [1.82, 2.24) is 10.6 Å². The van der Waals surface area contributed by atoms with Gasteiger partial charge in [-0.05, 0) is 45.6 Å². The van der Waals surface area contributed by atoms with Gasteiger partial charge in [0.15, 0.2) is 10.4 Å². The molecule has 0 aliphatic rings. The van der Waals surface area contributed by atoms with Gasteiger partial charge in [0.05, 0.1) is 0 Å². The minimum absolute atomic E-state index is 0.00674. The number of amides is 2. The van der Waals surface area contributed by atoms with E-state index in [0.717, 1.165) is 0 Å². The lowest BCUT2D eigenvalue weighted by Gasteiger charge is -2.19. The minimum atomic E-state index is -1.15. The second-order valence-corrected chi connectivity index (χ2v) is 6.84. The van der Waals surface area contributed by atoms with E-state index < -0.39 is 23.8 Å². The summed E-state index contributed by atoms with van der Waals surface area (Å²) in [6.45, 7) is 3.36. The van der Waals surface area contributed by atoms with Gasteiger partial charge in [0.25, 0.3) is 11.8 Å². The van der Waals surface area contributed by atoms with Crippen molar-refractivity contribution in [3.05, 3.63) is 64.2 Å². The molecule has 0 radical (unpaired) electrons. The average Bonchev–Trinajstić information content (AvgIpc) is 3.05. The van der Waals surface area contributed by atoms with E-state index in [2.05, 4.69) is 26.6 Å². The molecule has 142 valence electrons. The normalized spacial score (nSPS) is 12.5. The van der Waals surface area contributed by atoms with Crippen molar-refractivity contribution in [2.75, 3.05) is 0 Å². The lowest BCUT2D eigenvalue weighted by Crippen LogP contribution is -2.47. The van der Waals surface area contributed by atoms with Crippen LogP contribution >= 0.6 is 15.9 Å². The summed E-state index contributed by atoms with van der Waals surface area (Å²) >= 11 is 3.11. The second-order valence-electron chi connectivity index (χ2n) is 6.06. The summed E-state index contributed by atoms with van der Waals surface area (Å²) in [7, 11) is 0. The lowest BCUT2D eigenvalue weighted by molar-refractivity contribution is -0.142. The third-order valence-corrected chi connectivity index (χ3v) is 4.05. The van der Waals surface area contributed by atoms with Gasteiger partial charge < -0.3 is 20.2 Å². The zero-order valence-electron chi connectivity index (χ0n) is 14.7. The summed E-state index contributed by atoms with van der Waals surface area (Å²) < 4.78 is 5.56. The van der Waals surface area contributed by atoms with Gasteiger partial charge >= 0.3 is 5.97 Å². The molecular weight excluding hydrogens is 416 g/mol. The smallest absolute Gasteiger partial charge is 0.326 e. The van der Waals surface area contributed by atoms with Crippen LogP contribution in [0.3, 0.4) is 0 Å². The standard InChI is InChI=1S/C19H19BrN2O5/c1-11(2)16(19(25)26)22-17(23)13(10-12-6-4-3-5-7-12)21-18(24)14-8-9-15(20)27-14/h3-11,16H,1-2H3,(H,21,24)(H,22,23)(H,25,26). The van der Waals surface area contributed by atoms with E-state index in [9.17, 15) is 19.5 Å². The predicted molar refractivity (Wildman–Crippen MR) is 103 cm³/mol. The summed E-state index contributed by atoms with van der Waals surface area (Å²) in [5.74, 6) is -2.82. The van der Waals surface area contributed by atoms with Crippen molar-refractivity contribution in [2.24, 2.45) is 5.92 Å². The molecule has 1 unspecified atom stereocenters. The molecule has 1 aromatic heterocycles. The zero-order chi connectivity index (χ0) is 20.0. The Morgan fingerprint density at radius 3 is 2.30 bits per heavy atom. The highest BCUT2D eigenvalue weighted by Crippen LogP contribution is 2.15. The molecule has 0 spiro atoms. The number of hydrogen-bond donors (Lipinski definition) is 3. The molecule has 0 saturated carbocycles. The molecule has 0 bridgehead atoms. The number of aliphatic carboxylic acids is 1. The Kier molecular flexibility index (Phi) is 6.95. The summed E-state index contributed by atoms with van der Waals surface area (Å²) in [5, 5.41) is 14.2. The van der Waals surface area contributed by atoms with E-state index in [-0.39, 0.29) is 17.4 Å². The van der Waals surface area contributed by atoms with Gasteiger partial charge in [0.1, 0.15) is 11.7 Å². The first-order valence-electron chi connectivity index (χ1n) is 8.15. The number of nitrogens with one attached hydrogen (secondary N) is 2. The molecule has 0 saturated heterocycles. The van der Waals surface area contributed by atoms with E-state index in [1.165, 1.54) is 12.1 Å². The summed E-state index contributed by atoms with van der Waals surface area (Å²) in [5.41, 5.74) is 0.575. The van der Waals surface area contributed by atoms with Crippen LogP contribution in [0.4, 0.5) is 0 Å². The van der Waals surface area contributed by atoms with Crippen LogP contribution in [0, 0.1) is 5.92 Å². The Morgan fingerprint density at radius 2 is 1.78 bits per heavy atom. The molecule has 0 fully saturated rings. The molecular formula is C19H19BrN2O5. The van der Waals surface area contributed by atoms with Crippen LogP contribution in [0.5, 0.6) is 0 Å². The van der Waals surface area contributed by atoms with Crippen LogP contribution in [-0.2, 0) is 9.59 Å². The van der Waals surface area contributed by atoms with Crippen molar-refractivity contribution in [3.63, 3.8) is 0 Å². The minimum Gasteiger partial charge on any atom is -0.480 e. The first-order valence-corrected chi connectivity index (χ1v) is 8.94. The Bertz CT molecular complexity index is 858. The molecule has 2 aromatic rings. The fraction of sp³-hybridized carbons (Fsp3) is 0.211. The van der Waals surface area contributed by atoms with Gasteiger partial charge in [-0.25, -0.2) is 4.79 Å². The van der Waals surface area contributed by atoms with Gasteiger partial charge in [-0.3, -0.25) is 9.59 Å². The molecule has 1 aromatic carbocycles. The summed E-state index contributed by atoms with van der Waals surface area (Å²) in [6.07, 6.45) is 1.46. The molecule has 8 heteroatoms. The van der Waals surface area contributed by atoms with Gasteiger partial charge in [-0.2, -0.15) is 0 Å². The number of carbonyl (C=O) groups excluding carboxylic acids is 2. The maximum Gasteiger partial charge on any atom is 0.326 e. The molecule has 3 N–H and O–H groups in total. The summed E-state index contributed by atoms with van der Waals surface area (Å²) in [4.78, 5) is 36.4. The van der Waals surface area contributed by atoms with Gasteiger partial charge in [0.2, 0.25) is 0 Å². The number of hydrogen-bond acceptors (Lipinski definition) is 4. The van der Waals surface area contributed by atoms with Gasteiger partial charge in [0, 0.05) is 0 Å². The Hall–Kier alpha value is -2.87. The van der Waals surface area contributed by atoms with E-state index >= 15 is 0 Å². The lowest BCUT2D eigenvalue weighted by atomic mass is 10.0. The monoisotopic (exact) mass is 434 g/mol. The van der Waals surface area contributed by atoms with Crippen molar-refractivity contribution < 1.29 is 23.9 Å². The van der Waals surface area contributed by atoms with Gasteiger partial charge in [-0.15, -0.1) is 0 Å². The van der Waals surface area contributed by atoms with Gasteiger partial charge in [-0.1, -0.05) is 44.2 Å². The van der Waals surface area contributed by atoms with Crippen LogP contribution in [-0.4, -0.2) is 28.9 Å². The fourth-order valence-corrected chi connectivity index (χ4v) is 2.53. The molecule has 0 aliphatic carbocycles. The highest BCUT2D eigenvalue weighted by Gasteiger charge is 2.26. The third kappa shape index (κ3) is 5.82. The number of rotatable bonds is 7. The molecule has 2 rings (SSSR count). The van der Waals surface area contributed by atoms with E-state index in [1.54, 1.807) is 44.2 Å². The maximum absolute atomic E-state index is 12.6. The van der Waals surface area contributed by atoms with Crippen LogP contribution in [0.1, 0.15) is 30.0 Å². The van der Waals surface area contributed by atoms with E-state index in [0.29, 0.717) is 10.2 Å². The molecule has 27 heavy (non-hydrogen) atoms. The Morgan fingerprint density at radius 1 is 1.11 bits per heavy atom. The van der Waals surface area contributed by atoms with Crippen molar-refractivity contribution >= 4 is 39.8 Å². The average molecular weight is 435 g/mol. The van der Waals surface area contributed by atoms with Crippen LogP contribution in [0.15, 0.2) is 57.2 Å². The number of carbonyl (C=O) groups is 3. The SMILES string of the molecule is CC(C)C(NC(=O)C(=Cc1ccccc1)NC(=O)c1ccc(Br)o1)C(=O)O. The Labute approximate surface area is 164 Å². The van der Waals surface area contributed by atoms with E-state index in [4.69, 9.17) is 4.42 Å². The third-order valence-electron chi connectivity index (χ3n) is 3.62. The van der Waals surface area contributed by atoms with Crippen LogP contribution in [0.2, 0.25) is 0 Å². The fourth-order valence-electron chi connectivity index (χ4n) is 2.23. The predicted octanol–water partition coefficient (Wildman–Crippen LogP) is 3.04. The topological polar surface area (TPSA) is 109 Å². The first kappa shape index (κ1) is 20.4. The molecule has 7 nitrogen and oxygen atoms in total. The molecule has 1 atom stereocenters.